The van der Waals surface area contributed by atoms with Crippen LogP contribution in [0.3, 0.4) is 0 Å². The fourth-order valence-electron chi connectivity index (χ4n) is 3.72. The third-order valence-electron chi connectivity index (χ3n) is 5.54. The number of nitrogens with one attached hydrogen (secondary N) is 2. The Labute approximate surface area is 226 Å². The first-order valence-electron chi connectivity index (χ1n) is 11.4. The molecule has 39 heavy (non-hydrogen) atoms. The fraction of sp³-hybridized carbons (Fsp3) is 0.240. The molecule has 9 nitrogen and oxygen atoms in total. The van der Waals surface area contributed by atoms with E-state index in [0.717, 1.165) is 18.2 Å². The Bertz CT molecular complexity index is 1610. The number of rotatable bonds is 8. The minimum absolute atomic E-state index is 0.0929. The lowest BCUT2D eigenvalue weighted by molar-refractivity contribution is -0.125. The molecule has 4 rings (SSSR count). The van der Waals surface area contributed by atoms with Crippen LogP contribution >= 0.6 is 11.6 Å². The summed E-state index contributed by atoms with van der Waals surface area (Å²) in [5, 5.41) is 12.2. The smallest absolute Gasteiger partial charge is 0.265 e. The maximum absolute atomic E-state index is 15.9. The van der Waals surface area contributed by atoms with Crippen LogP contribution < -0.4 is 10.0 Å². The van der Waals surface area contributed by atoms with E-state index in [1.807, 2.05) is 4.72 Å². The van der Waals surface area contributed by atoms with Gasteiger partial charge in [-0.1, -0.05) is 11.6 Å². The largest absolute Gasteiger partial charge is 0.477 e. The molecule has 0 bridgehead atoms. The number of sulfonamides is 1. The molecule has 1 aromatic heterocycles. The van der Waals surface area contributed by atoms with E-state index in [1.165, 1.54) is 26.1 Å². The highest BCUT2D eigenvalue weighted by Crippen LogP contribution is 2.43. The number of carbonyl (C=O) groups is 1. The highest BCUT2D eigenvalue weighted by atomic mass is 35.5. The molecule has 0 aliphatic carbocycles. The summed E-state index contributed by atoms with van der Waals surface area (Å²) < 4.78 is 77.0. The van der Waals surface area contributed by atoms with Crippen LogP contribution in [-0.4, -0.2) is 47.5 Å². The Hall–Kier alpha value is -3.68. The lowest BCUT2D eigenvalue weighted by Crippen LogP contribution is -2.29. The van der Waals surface area contributed by atoms with Gasteiger partial charge in [0.05, 0.1) is 17.4 Å². The number of ketones is 1. The van der Waals surface area contributed by atoms with Crippen molar-refractivity contribution in [3.05, 3.63) is 76.3 Å². The molecule has 1 aliphatic rings. The van der Waals surface area contributed by atoms with Crippen molar-refractivity contribution in [2.24, 2.45) is 0 Å². The van der Waals surface area contributed by atoms with Gasteiger partial charge in [0.25, 0.3) is 10.0 Å². The standard InChI is InChI=1S/C25H22ClF3N4O5S/c1-12(34)11-31-24-30-7-6-17(32-24)22-20(23(35)25(2,3)38-22)15-8-13(26)9-18(21(15)29)33-39(36,37)19-10-14(27)4-5-16(19)28/h4-10,12,33-34H,11H2,1-3H3,(H,30,31,32). The number of carbonyl (C=O) groups excluding carboxylic acids is 1. The number of aliphatic hydroxyl groups is 1. The number of halogens is 4. The topological polar surface area (TPSA) is 131 Å². The van der Waals surface area contributed by atoms with Crippen LogP contribution in [0.4, 0.5) is 24.8 Å². The van der Waals surface area contributed by atoms with E-state index < -0.39 is 61.1 Å². The summed E-state index contributed by atoms with van der Waals surface area (Å²) in [6.07, 6.45) is 0.650. The first-order chi connectivity index (χ1) is 18.2. The van der Waals surface area contributed by atoms with E-state index >= 15 is 4.39 Å². The third-order valence-corrected chi connectivity index (χ3v) is 7.13. The van der Waals surface area contributed by atoms with E-state index in [2.05, 4.69) is 15.3 Å². The summed E-state index contributed by atoms with van der Waals surface area (Å²) in [5.41, 5.74) is -2.77. The summed E-state index contributed by atoms with van der Waals surface area (Å²) in [5.74, 6) is -4.19. The molecule has 2 heterocycles. The number of aromatic nitrogens is 2. The Morgan fingerprint density at radius 3 is 2.56 bits per heavy atom. The van der Waals surface area contributed by atoms with E-state index in [-0.39, 0.29) is 34.5 Å². The molecule has 0 amide bonds. The first kappa shape index (κ1) is 28.3. The van der Waals surface area contributed by atoms with Crippen molar-refractivity contribution < 1.29 is 36.2 Å². The second-order valence-electron chi connectivity index (χ2n) is 9.14. The van der Waals surface area contributed by atoms with Gasteiger partial charge in [-0.2, -0.15) is 0 Å². The van der Waals surface area contributed by atoms with Gasteiger partial charge in [0, 0.05) is 23.3 Å². The minimum atomic E-state index is -4.81. The molecule has 206 valence electrons. The molecule has 0 saturated carbocycles. The normalized spacial score (nSPS) is 15.7. The second kappa shape index (κ2) is 10.5. The SMILES string of the molecule is CC(O)CNc1nccc(C2=C(c3cc(Cl)cc(NS(=O)(=O)c4cc(F)ccc4F)c3F)C(=O)C(C)(C)O2)n1. The van der Waals surface area contributed by atoms with Crippen LogP contribution in [0.25, 0.3) is 11.3 Å². The van der Waals surface area contributed by atoms with Gasteiger partial charge in [-0.05, 0) is 57.2 Å². The van der Waals surface area contributed by atoms with Crippen molar-refractivity contribution in [1.82, 2.24) is 9.97 Å². The summed E-state index contributed by atoms with van der Waals surface area (Å²) in [4.78, 5) is 20.6. The summed E-state index contributed by atoms with van der Waals surface area (Å²) >= 11 is 6.17. The van der Waals surface area contributed by atoms with Crippen molar-refractivity contribution in [3.63, 3.8) is 0 Å². The molecule has 0 spiro atoms. The van der Waals surface area contributed by atoms with Crippen LogP contribution in [0.1, 0.15) is 32.0 Å². The van der Waals surface area contributed by atoms with Gasteiger partial charge in [-0.3, -0.25) is 9.52 Å². The van der Waals surface area contributed by atoms with Crippen molar-refractivity contribution in [3.8, 4) is 0 Å². The van der Waals surface area contributed by atoms with Gasteiger partial charge < -0.3 is 15.2 Å². The molecule has 0 fully saturated rings. The second-order valence-corrected chi connectivity index (χ2v) is 11.2. The van der Waals surface area contributed by atoms with E-state index in [4.69, 9.17) is 16.3 Å². The van der Waals surface area contributed by atoms with Gasteiger partial charge in [-0.15, -0.1) is 0 Å². The average molecular weight is 583 g/mol. The number of aliphatic hydroxyl groups excluding tert-OH is 1. The Balaban J connectivity index is 1.84. The van der Waals surface area contributed by atoms with Crippen molar-refractivity contribution in [2.45, 2.75) is 37.4 Å². The number of anilines is 2. The summed E-state index contributed by atoms with van der Waals surface area (Å²) in [6.45, 7) is 4.58. The molecule has 0 radical (unpaired) electrons. The Morgan fingerprint density at radius 1 is 1.15 bits per heavy atom. The van der Waals surface area contributed by atoms with Gasteiger partial charge in [0.2, 0.25) is 11.7 Å². The number of benzene rings is 2. The van der Waals surface area contributed by atoms with Gasteiger partial charge >= 0.3 is 0 Å². The monoisotopic (exact) mass is 582 g/mol. The van der Waals surface area contributed by atoms with Crippen molar-refractivity contribution >= 4 is 50.4 Å². The zero-order valence-electron chi connectivity index (χ0n) is 20.7. The zero-order valence-corrected chi connectivity index (χ0v) is 22.3. The summed E-state index contributed by atoms with van der Waals surface area (Å²) in [7, 11) is -4.81. The molecule has 3 N–H and O–H groups in total. The fourth-order valence-corrected chi connectivity index (χ4v) is 5.08. The van der Waals surface area contributed by atoms with Crippen LogP contribution in [0, 0.1) is 17.5 Å². The zero-order chi connectivity index (χ0) is 28.7. The lowest BCUT2D eigenvalue weighted by Gasteiger charge is -2.17. The average Bonchev–Trinajstić information content (AvgIpc) is 3.10. The van der Waals surface area contributed by atoms with Crippen LogP contribution in [0.2, 0.25) is 5.02 Å². The van der Waals surface area contributed by atoms with Gasteiger partial charge in [0.15, 0.2) is 17.2 Å². The maximum Gasteiger partial charge on any atom is 0.265 e. The number of nitrogens with zero attached hydrogens (tertiary/aromatic N) is 2. The van der Waals surface area contributed by atoms with Crippen LogP contribution in [-0.2, 0) is 19.6 Å². The van der Waals surface area contributed by atoms with Crippen LogP contribution in [0.15, 0.2) is 47.5 Å². The summed E-state index contributed by atoms with van der Waals surface area (Å²) in [6, 6.07) is 5.22. The molecule has 1 atom stereocenters. The van der Waals surface area contributed by atoms with Crippen molar-refractivity contribution in [2.75, 3.05) is 16.6 Å². The molecule has 0 saturated heterocycles. The predicted octanol–water partition coefficient (Wildman–Crippen LogP) is 4.39. The Kier molecular flexibility index (Phi) is 7.61. The van der Waals surface area contributed by atoms with E-state index in [0.29, 0.717) is 12.1 Å². The highest BCUT2D eigenvalue weighted by Gasteiger charge is 2.44. The molecule has 3 aromatic rings. The number of Topliss-reactive ketones (excluding diaryl/α,β-unsaturated/α-hetero) is 1. The predicted molar refractivity (Wildman–Crippen MR) is 138 cm³/mol. The van der Waals surface area contributed by atoms with E-state index in [1.54, 1.807) is 6.92 Å². The molecule has 1 aliphatic heterocycles. The quantitative estimate of drug-likeness (QED) is 0.357. The van der Waals surface area contributed by atoms with Crippen molar-refractivity contribution in [1.29, 1.82) is 0 Å². The number of ether oxygens (including phenoxy) is 1. The highest BCUT2D eigenvalue weighted by molar-refractivity contribution is 7.92. The van der Waals surface area contributed by atoms with Crippen LogP contribution in [0.5, 0.6) is 0 Å². The molecular formula is C25H22ClF3N4O5S. The van der Waals surface area contributed by atoms with E-state index in [9.17, 15) is 27.1 Å². The molecule has 1 unspecified atom stereocenters. The molecule has 2 aromatic carbocycles. The third kappa shape index (κ3) is 5.84. The maximum atomic E-state index is 15.9. The Morgan fingerprint density at radius 2 is 1.87 bits per heavy atom. The van der Waals surface area contributed by atoms with Gasteiger partial charge in [0.1, 0.15) is 22.2 Å². The first-order valence-corrected chi connectivity index (χ1v) is 13.3. The molecular weight excluding hydrogens is 561 g/mol. The lowest BCUT2D eigenvalue weighted by atomic mass is 9.92. The minimum Gasteiger partial charge on any atom is -0.477 e. The number of hydrogen-bond donors (Lipinski definition) is 3. The molecule has 14 heteroatoms. The number of hydrogen-bond acceptors (Lipinski definition) is 8. The van der Waals surface area contributed by atoms with Gasteiger partial charge in [-0.25, -0.2) is 31.6 Å².